The van der Waals surface area contributed by atoms with Crippen molar-refractivity contribution in [2.24, 2.45) is 11.3 Å². The summed E-state index contributed by atoms with van der Waals surface area (Å²) < 4.78 is 5.84. The molecule has 3 atom stereocenters. The molecule has 0 aromatic rings. The fraction of sp³-hybridized carbons (Fsp3) is 1.00. The molecule has 2 heterocycles. The lowest BCUT2D eigenvalue weighted by Gasteiger charge is -2.42. The van der Waals surface area contributed by atoms with Gasteiger partial charge in [-0.25, -0.2) is 0 Å². The lowest BCUT2D eigenvalue weighted by atomic mass is 9.81. The molecule has 0 aromatic carbocycles. The Morgan fingerprint density at radius 3 is 2.84 bits per heavy atom. The van der Waals surface area contributed by atoms with Crippen molar-refractivity contribution in [3.05, 3.63) is 0 Å². The second-order valence-corrected chi connectivity index (χ2v) is 7.45. The third-order valence-corrected chi connectivity index (χ3v) is 5.35. The van der Waals surface area contributed by atoms with E-state index in [1.54, 1.807) is 0 Å². The summed E-state index contributed by atoms with van der Waals surface area (Å²) in [6.45, 7) is 10.2. The van der Waals surface area contributed by atoms with E-state index in [-0.39, 0.29) is 0 Å². The number of nitrogens with zero attached hydrogens (tertiary/aromatic N) is 1. The first kappa shape index (κ1) is 13.8. The van der Waals surface area contributed by atoms with Crippen molar-refractivity contribution in [3.63, 3.8) is 0 Å². The van der Waals surface area contributed by atoms with Gasteiger partial charge in [0.1, 0.15) is 0 Å². The fourth-order valence-electron chi connectivity index (χ4n) is 4.30. The summed E-state index contributed by atoms with van der Waals surface area (Å²) in [5.41, 5.74) is 0.368. The number of ether oxygens (including phenoxy) is 1. The number of hydrogen-bond donors (Lipinski definition) is 1. The summed E-state index contributed by atoms with van der Waals surface area (Å²) in [5, 5.41) is 3.67. The number of rotatable bonds is 5. The van der Waals surface area contributed by atoms with Crippen LogP contribution in [0, 0.1) is 11.3 Å². The molecule has 3 rings (SSSR count). The molecular formula is C16H30N2O. The van der Waals surface area contributed by atoms with Crippen LogP contribution < -0.4 is 5.32 Å². The minimum absolute atomic E-state index is 0.368. The van der Waals surface area contributed by atoms with Gasteiger partial charge >= 0.3 is 0 Å². The standard InChI is InChI=1S/C16H30N2O/c1-13(2)17-10-16(6-3-7-19-12-16)11-18-9-14-4-5-15(18)8-14/h13-15,17H,3-12H2,1-2H3. The Morgan fingerprint density at radius 1 is 1.37 bits per heavy atom. The van der Waals surface area contributed by atoms with Crippen LogP contribution in [0.25, 0.3) is 0 Å². The van der Waals surface area contributed by atoms with E-state index in [1.165, 1.54) is 45.2 Å². The average molecular weight is 266 g/mol. The van der Waals surface area contributed by atoms with Gasteiger partial charge in [-0.3, -0.25) is 4.90 Å². The summed E-state index contributed by atoms with van der Waals surface area (Å²) in [6.07, 6.45) is 6.96. The van der Waals surface area contributed by atoms with Crippen molar-refractivity contribution in [2.75, 3.05) is 32.8 Å². The summed E-state index contributed by atoms with van der Waals surface area (Å²) in [5.74, 6) is 1.00. The molecule has 3 aliphatic rings. The van der Waals surface area contributed by atoms with Gasteiger partial charge in [-0.2, -0.15) is 0 Å². The maximum atomic E-state index is 5.84. The molecule has 0 spiro atoms. The van der Waals surface area contributed by atoms with Gasteiger partial charge in [-0.1, -0.05) is 13.8 Å². The Labute approximate surface area is 118 Å². The van der Waals surface area contributed by atoms with E-state index < -0.39 is 0 Å². The quantitative estimate of drug-likeness (QED) is 0.826. The first-order chi connectivity index (χ1) is 9.17. The summed E-state index contributed by atoms with van der Waals surface area (Å²) >= 11 is 0. The Bertz CT molecular complexity index is 299. The third kappa shape index (κ3) is 3.14. The number of likely N-dealkylation sites (tertiary alicyclic amines) is 1. The van der Waals surface area contributed by atoms with Crippen LogP contribution in [0.2, 0.25) is 0 Å². The second kappa shape index (κ2) is 5.71. The molecular weight excluding hydrogens is 236 g/mol. The van der Waals surface area contributed by atoms with Crippen molar-refractivity contribution >= 4 is 0 Å². The highest BCUT2D eigenvalue weighted by molar-refractivity contribution is 4.96. The van der Waals surface area contributed by atoms with Crippen LogP contribution in [0.4, 0.5) is 0 Å². The zero-order valence-electron chi connectivity index (χ0n) is 12.7. The third-order valence-electron chi connectivity index (χ3n) is 5.35. The van der Waals surface area contributed by atoms with Gasteiger partial charge in [-0.15, -0.1) is 0 Å². The van der Waals surface area contributed by atoms with Gasteiger partial charge in [0.05, 0.1) is 6.61 Å². The molecule has 3 unspecified atom stereocenters. The summed E-state index contributed by atoms with van der Waals surface area (Å²) in [7, 11) is 0. The van der Waals surface area contributed by atoms with Gasteiger partial charge in [0.2, 0.25) is 0 Å². The zero-order chi connectivity index (χ0) is 13.3. The molecule has 2 aliphatic heterocycles. The smallest absolute Gasteiger partial charge is 0.0546 e. The van der Waals surface area contributed by atoms with Crippen LogP contribution in [0.1, 0.15) is 46.0 Å². The Hall–Kier alpha value is -0.120. The first-order valence-electron chi connectivity index (χ1n) is 8.22. The topological polar surface area (TPSA) is 24.5 Å². The molecule has 1 N–H and O–H groups in total. The van der Waals surface area contributed by atoms with Crippen molar-refractivity contribution in [3.8, 4) is 0 Å². The maximum absolute atomic E-state index is 5.84. The van der Waals surface area contributed by atoms with Crippen molar-refractivity contribution in [2.45, 2.75) is 58.0 Å². The summed E-state index contributed by atoms with van der Waals surface area (Å²) in [6, 6.07) is 1.47. The van der Waals surface area contributed by atoms with Crippen LogP contribution in [-0.4, -0.2) is 49.8 Å². The molecule has 0 radical (unpaired) electrons. The lowest BCUT2D eigenvalue weighted by molar-refractivity contribution is -0.0314. The fourth-order valence-corrected chi connectivity index (χ4v) is 4.30. The average Bonchev–Trinajstić information content (AvgIpc) is 3.00. The van der Waals surface area contributed by atoms with Crippen molar-refractivity contribution < 1.29 is 4.74 Å². The van der Waals surface area contributed by atoms with E-state index in [0.717, 1.165) is 31.7 Å². The number of hydrogen-bond acceptors (Lipinski definition) is 3. The van der Waals surface area contributed by atoms with E-state index in [0.29, 0.717) is 11.5 Å². The molecule has 0 aromatic heterocycles. The van der Waals surface area contributed by atoms with E-state index >= 15 is 0 Å². The molecule has 0 amide bonds. The van der Waals surface area contributed by atoms with Gasteiger partial charge < -0.3 is 10.1 Å². The molecule has 3 nitrogen and oxygen atoms in total. The number of fused-ring (bicyclic) bond motifs is 2. The van der Waals surface area contributed by atoms with Crippen LogP contribution in [0.3, 0.4) is 0 Å². The zero-order valence-corrected chi connectivity index (χ0v) is 12.7. The molecule has 110 valence electrons. The Balaban J connectivity index is 1.61. The molecule has 1 aliphatic carbocycles. The predicted octanol–water partition coefficient (Wildman–Crippen LogP) is 2.27. The second-order valence-electron chi connectivity index (χ2n) is 7.45. The van der Waals surface area contributed by atoms with Crippen molar-refractivity contribution in [1.29, 1.82) is 0 Å². The monoisotopic (exact) mass is 266 g/mol. The normalized spacial score (nSPS) is 39.3. The maximum Gasteiger partial charge on any atom is 0.0546 e. The van der Waals surface area contributed by atoms with Gasteiger partial charge in [-0.05, 0) is 38.0 Å². The van der Waals surface area contributed by atoms with Gasteiger partial charge in [0, 0.05) is 43.7 Å². The minimum Gasteiger partial charge on any atom is -0.381 e. The lowest BCUT2D eigenvalue weighted by Crippen LogP contribution is -2.51. The largest absolute Gasteiger partial charge is 0.381 e. The van der Waals surface area contributed by atoms with Crippen LogP contribution >= 0.6 is 0 Å². The molecule has 3 heteroatoms. The van der Waals surface area contributed by atoms with Gasteiger partial charge in [0.15, 0.2) is 0 Å². The SMILES string of the molecule is CC(C)NCC1(CN2CC3CCC2C3)CCCOC1. The predicted molar refractivity (Wildman–Crippen MR) is 78.3 cm³/mol. The van der Waals surface area contributed by atoms with E-state index in [4.69, 9.17) is 4.74 Å². The number of nitrogens with one attached hydrogen (secondary N) is 1. The van der Waals surface area contributed by atoms with E-state index in [1.807, 2.05) is 0 Å². The summed E-state index contributed by atoms with van der Waals surface area (Å²) in [4.78, 5) is 2.78. The highest BCUT2D eigenvalue weighted by Crippen LogP contribution is 2.40. The van der Waals surface area contributed by atoms with E-state index in [9.17, 15) is 0 Å². The van der Waals surface area contributed by atoms with Gasteiger partial charge in [0.25, 0.3) is 0 Å². The number of piperidine rings is 1. The highest BCUT2D eigenvalue weighted by Gasteiger charge is 2.42. The van der Waals surface area contributed by atoms with E-state index in [2.05, 4.69) is 24.1 Å². The minimum atomic E-state index is 0.368. The Morgan fingerprint density at radius 2 is 2.26 bits per heavy atom. The molecule has 3 fully saturated rings. The molecule has 2 bridgehead atoms. The molecule has 2 saturated heterocycles. The molecule has 1 saturated carbocycles. The Kier molecular flexibility index (Phi) is 4.16. The van der Waals surface area contributed by atoms with Crippen molar-refractivity contribution in [1.82, 2.24) is 10.2 Å². The van der Waals surface area contributed by atoms with Crippen LogP contribution in [-0.2, 0) is 4.74 Å². The van der Waals surface area contributed by atoms with Crippen LogP contribution in [0.15, 0.2) is 0 Å². The molecule has 19 heavy (non-hydrogen) atoms. The van der Waals surface area contributed by atoms with Crippen LogP contribution in [0.5, 0.6) is 0 Å². The first-order valence-corrected chi connectivity index (χ1v) is 8.22. The highest BCUT2D eigenvalue weighted by atomic mass is 16.5.